The second kappa shape index (κ2) is 11.4. The normalized spacial score (nSPS) is 15.0. The maximum Gasteiger partial charge on any atom is 0.411 e. The molecule has 3 rings (SSSR count). The molecule has 0 radical (unpaired) electrons. The Labute approximate surface area is 204 Å². The lowest BCUT2D eigenvalue weighted by Crippen LogP contribution is -2.56. The standard InChI is InChI=1S/C25H31ClN4O4/c1-2-18-7-9-20(10-8-18)30(24(33)34)17-25(11-13-29(14-12-25)22(31)15-27)23(32)28-16-19-5-3-4-6-21(19)26/h3-10H,2,11-17,27H2,1H3,(H,28,32)(H,33,34). The fraction of sp³-hybridized carbons (Fsp3) is 0.400. The van der Waals surface area contributed by atoms with Gasteiger partial charge in [-0.25, -0.2) is 4.79 Å². The molecule has 4 N–H and O–H groups in total. The van der Waals surface area contributed by atoms with Gasteiger partial charge in [0.25, 0.3) is 0 Å². The molecule has 34 heavy (non-hydrogen) atoms. The number of carbonyl (C=O) groups excluding carboxylic acids is 2. The van der Waals surface area contributed by atoms with E-state index in [1.54, 1.807) is 23.1 Å². The molecule has 0 spiro atoms. The fourth-order valence-corrected chi connectivity index (χ4v) is 4.46. The average Bonchev–Trinajstić information content (AvgIpc) is 2.86. The summed E-state index contributed by atoms with van der Waals surface area (Å²) < 4.78 is 0. The van der Waals surface area contributed by atoms with Crippen molar-refractivity contribution < 1.29 is 19.5 Å². The van der Waals surface area contributed by atoms with Gasteiger partial charge in [-0.05, 0) is 48.6 Å². The highest BCUT2D eigenvalue weighted by Crippen LogP contribution is 2.35. The molecular weight excluding hydrogens is 456 g/mol. The quantitative estimate of drug-likeness (QED) is 0.529. The van der Waals surface area contributed by atoms with Crippen LogP contribution in [0.1, 0.15) is 30.9 Å². The molecule has 0 atom stereocenters. The number of nitrogens with one attached hydrogen (secondary N) is 1. The molecule has 182 valence electrons. The maximum absolute atomic E-state index is 13.5. The number of nitrogens with two attached hydrogens (primary N) is 1. The van der Waals surface area contributed by atoms with Gasteiger partial charge in [-0.3, -0.25) is 14.5 Å². The van der Waals surface area contributed by atoms with Crippen LogP contribution in [0.25, 0.3) is 0 Å². The Morgan fingerprint density at radius 2 is 1.76 bits per heavy atom. The van der Waals surface area contributed by atoms with Crippen molar-refractivity contribution in [2.45, 2.75) is 32.7 Å². The van der Waals surface area contributed by atoms with Gasteiger partial charge in [-0.1, -0.05) is 48.9 Å². The summed E-state index contributed by atoms with van der Waals surface area (Å²) in [6.07, 6.45) is 0.351. The molecule has 1 saturated heterocycles. The maximum atomic E-state index is 13.5. The lowest BCUT2D eigenvalue weighted by Gasteiger charge is -2.42. The zero-order valence-electron chi connectivity index (χ0n) is 19.3. The van der Waals surface area contributed by atoms with E-state index < -0.39 is 11.5 Å². The van der Waals surface area contributed by atoms with Crippen LogP contribution in [0.2, 0.25) is 5.02 Å². The van der Waals surface area contributed by atoms with Gasteiger partial charge in [0.15, 0.2) is 0 Å². The average molecular weight is 487 g/mol. The van der Waals surface area contributed by atoms with Gasteiger partial charge in [0, 0.05) is 36.9 Å². The van der Waals surface area contributed by atoms with E-state index in [1.165, 1.54) is 4.90 Å². The number of nitrogens with zero attached hydrogens (tertiary/aromatic N) is 2. The Bertz CT molecular complexity index is 1020. The Morgan fingerprint density at radius 1 is 1.12 bits per heavy atom. The van der Waals surface area contributed by atoms with Crippen LogP contribution in [0.3, 0.4) is 0 Å². The molecule has 2 aromatic rings. The molecule has 2 aromatic carbocycles. The first-order valence-corrected chi connectivity index (χ1v) is 11.8. The second-order valence-corrected chi connectivity index (χ2v) is 8.94. The molecule has 0 saturated carbocycles. The highest BCUT2D eigenvalue weighted by molar-refractivity contribution is 6.31. The van der Waals surface area contributed by atoms with Crippen molar-refractivity contribution in [1.82, 2.24) is 10.2 Å². The number of carboxylic acid groups (broad SMARTS) is 1. The Hall–Kier alpha value is -3.10. The third kappa shape index (κ3) is 5.87. The Balaban J connectivity index is 1.85. The van der Waals surface area contributed by atoms with Gasteiger partial charge >= 0.3 is 6.09 Å². The van der Waals surface area contributed by atoms with Gasteiger partial charge in [0.1, 0.15) is 0 Å². The molecule has 0 unspecified atom stereocenters. The molecule has 1 heterocycles. The minimum atomic E-state index is -1.14. The number of piperidine rings is 1. The summed E-state index contributed by atoms with van der Waals surface area (Å²) in [6.45, 7) is 2.79. The molecule has 1 fully saturated rings. The van der Waals surface area contributed by atoms with Crippen molar-refractivity contribution in [2.24, 2.45) is 11.1 Å². The van der Waals surface area contributed by atoms with Crippen LogP contribution in [0.5, 0.6) is 0 Å². The summed E-state index contributed by atoms with van der Waals surface area (Å²) in [4.78, 5) is 40.7. The fourth-order valence-electron chi connectivity index (χ4n) is 4.26. The van der Waals surface area contributed by atoms with Crippen molar-refractivity contribution in [3.8, 4) is 0 Å². The van der Waals surface area contributed by atoms with E-state index in [-0.39, 0.29) is 31.4 Å². The van der Waals surface area contributed by atoms with Crippen LogP contribution in [-0.4, -0.2) is 54.1 Å². The smallest absolute Gasteiger partial charge is 0.411 e. The summed E-state index contributed by atoms with van der Waals surface area (Å²) in [5.74, 6) is -0.445. The van der Waals surface area contributed by atoms with Crippen molar-refractivity contribution >= 4 is 35.2 Å². The zero-order chi connectivity index (χ0) is 24.7. The highest BCUT2D eigenvalue weighted by Gasteiger charge is 2.44. The predicted octanol–water partition coefficient (Wildman–Crippen LogP) is 3.27. The van der Waals surface area contributed by atoms with Gasteiger partial charge in [-0.15, -0.1) is 0 Å². The molecule has 3 amide bonds. The first-order valence-electron chi connectivity index (χ1n) is 11.4. The van der Waals surface area contributed by atoms with Gasteiger partial charge < -0.3 is 21.1 Å². The van der Waals surface area contributed by atoms with Crippen LogP contribution in [0, 0.1) is 5.41 Å². The lowest BCUT2D eigenvalue weighted by atomic mass is 9.76. The summed E-state index contributed by atoms with van der Waals surface area (Å²) in [5.41, 5.74) is 6.87. The van der Waals surface area contributed by atoms with E-state index in [2.05, 4.69) is 5.32 Å². The van der Waals surface area contributed by atoms with Gasteiger partial charge in [0.05, 0.1) is 12.0 Å². The Kier molecular flexibility index (Phi) is 8.52. The summed E-state index contributed by atoms with van der Waals surface area (Å²) in [5, 5.41) is 13.5. The van der Waals surface area contributed by atoms with Crippen LogP contribution in [0.15, 0.2) is 48.5 Å². The summed E-state index contributed by atoms with van der Waals surface area (Å²) >= 11 is 6.24. The number of carbonyl (C=O) groups is 3. The number of anilines is 1. The number of halogens is 1. The van der Waals surface area contributed by atoms with Crippen molar-refractivity contribution in [3.63, 3.8) is 0 Å². The Morgan fingerprint density at radius 3 is 2.32 bits per heavy atom. The summed E-state index contributed by atoms with van der Waals surface area (Å²) in [7, 11) is 0. The predicted molar refractivity (Wildman–Crippen MR) is 132 cm³/mol. The van der Waals surface area contributed by atoms with Crippen molar-refractivity contribution in [3.05, 3.63) is 64.7 Å². The van der Waals surface area contributed by atoms with Crippen molar-refractivity contribution in [2.75, 3.05) is 31.1 Å². The summed E-state index contributed by atoms with van der Waals surface area (Å²) in [6, 6.07) is 14.5. The molecule has 8 nitrogen and oxygen atoms in total. The van der Waals surface area contributed by atoms with Crippen LogP contribution < -0.4 is 16.0 Å². The number of aryl methyl sites for hydroxylation is 1. The minimum Gasteiger partial charge on any atom is -0.465 e. The highest BCUT2D eigenvalue weighted by atomic mass is 35.5. The molecule has 0 bridgehead atoms. The third-order valence-corrected chi connectivity index (χ3v) is 6.84. The van der Waals surface area contributed by atoms with Crippen LogP contribution in [-0.2, 0) is 22.6 Å². The van der Waals surface area contributed by atoms with E-state index in [0.717, 1.165) is 17.5 Å². The van der Waals surface area contributed by atoms with E-state index in [9.17, 15) is 19.5 Å². The van der Waals surface area contributed by atoms with Crippen LogP contribution >= 0.6 is 11.6 Å². The van der Waals surface area contributed by atoms with Gasteiger partial charge in [-0.2, -0.15) is 0 Å². The first-order chi connectivity index (χ1) is 16.3. The van der Waals surface area contributed by atoms with E-state index in [0.29, 0.717) is 36.6 Å². The second-order valence-electron chi connectivity index (χ2n) is 8.53. The number of amides is 3. The van der Waals surface area contributed by atoms with Crippen LogP contribution in [0.4, 0.5) is 10.5 Å². The molecule has 0 aromatic heterocycles. The molecule has 1 aliphatic rings. The zero-order valence-corrected chi connectivity index (χ0v) is 20.1. The largest absolute Gasteiger partial charge is 0.465 e. The van der Waals surface area contributed by atoms with Crippen molar-refractivity contribution in [1.29, 1.82) is 0 Å². The molecule has 0 aliphatic carbocycles. The van der Waals surface area contributed by atoms with E-state index in [4.69, 9.17) is 17.3 Å². The lowest BCUT2D eigenvalue weighted by molar-refractivity contribution is -0.139. The SMILES string of the molecule is CCc1ccc(N(CC2(C(=O)NCc3ccccc3Cl)CCN(C(=O)CN)CC2)C(=O)O)cc1. The number of likely N-dealkylation sites (tertiary alicyclic amines) is 1. The van der Waals surface area contributed by atoms with Gasteiger partial charge in [0.2, 0.25) is 11.8 Å². The molecule has 9 heteroatoms. The monoisotopic (exact) mass is 486 g/mol. The molecular formula is C25H31ClN4O4. The number of rotatable bonds is 8. The van der Waals surface area contributed by atoms with E-state index in [1.807, 2.05) is 37.3 Å². The molecule has 1 aliphatic heterocycles. The van der Waals surface area contributed by atoms with E-state index >= 15 is 0 Å². The topological polar surface area (TPSA) is 116 Å². The number of benzene rings is 2. The number of hydrogen-bond acceptors (Lipinski definition) is 4. The minimum absolute atomic E-state index is 0.0210. The first kappa shape index (κ1) is 25.5. The third-order valence-electron chi connectivity index (χ3n) is 6.47. The number of hydrogen-bond donors (Lipinski definition) is 3.